The molecule has 2 aromatic heterocycles. The maximum Gasteiger partial charge on any atom is 0.216 e. The van der Waals surface area contributed by atoms with E-state index in [0.29, 0.717) is 0 Å². The van der Waals surface area contributed by atoms with Crippen LogP contribution in [0.25, 0.3) is 11.3 Å². The number of sulfonamides is 1. The van der Waals surface area contributed by atoms with Crippen molar-refractivity contribution in [2.75, 3.05) is 0 Å². The molecule has 1 saturated carbocycles. The second kappa shape index (κ2) is 7.08. The predicted octanol–water partition coefficient (Wildman–Crippen LogP) is 3.35. The maximum atomic E-state index is 12.9. The van der Waals surface area contributed by atoms with Crippen molar-refractivity contribution in [1.29, 1.82) is 0 Å². The summed E-state index contributed by atoms with van der Waals surface area (Å²) in [4.78, 5) is 11.4. The van der Waals surface area contributed by atoms with Gasteiger partial charge in [-0.05, 0) is 58.6 Å². The lowest BCUT2D eigenvalue weighted by molar-refractivity contribution is 0.364. The highest BCUT2D eigenvalue weighted by molar-refractivity contribution is 7.90. The number of halogens is 1. The third-order valence-electron chi connectivity index (χ3n) is 4.88. The van der Waals surface area contributed by atoms with Crippen molar-refractivity contribution in [3.05, 3.63) is 36.3 Å². The molecule has 2 aromatic rings. The Labute approximate surface area is 153 Å². The molecule has 6 nitrogen and oxygen atoms in total. The lowest BCUT2D eigenvalue weighted by Gasteiger charge is -2.30. The highest BCUT2D eigenvalue weighted by atomic mass is 32.2. The number of nitrogens with one attached hydrogen (secondary N) is 2. The van der Waals surface area contributed by atoms with E-state index in [4.69, 9.17) is 0 Å². The highest BCUT2D eigenvalue weighted by Gasteiger charge is 2.33. The van der Waals surface area contributed by atoms with Gasteiger partial charge in [-0.15, -0.1) is 0 Å². The minimum atomic E-state index is -3.33. The zero-order valence-electron chi connectivity index (χ0n) is 15.3. The highest BCUT2D eigenvalue weighted by Crippen LogP contribution is 2.33. The van der Waals surface area contributed by atoms with Gasteiger partial charge in [-0.3, -0.25) is 0 Å². The molecule has 0 bridgehead atoms. The molecule has 8 heteroatoms. The molecule has 0 aromatic carbocycles. The normalized spacial score (nSPS) is 21.7. The molecule has 142 valence electrons. The van der Waals surface area contributed by atoms with E-state index in [1.807, 2.05) is 0 Å². The first-order chi connectivity index (χ1) is 12.2. The quantitative estimate of drug-likeness (QED) is 0.796. The lowest BCUT2D eigenvalue weighted by Crippen LogP contribution is -2.45. The lowest BCUT2D eigenvalue weighted by atomic mass is 9.86. The van der Waals surface area contributed by atoms with Crippen LogP contribution in [0.15, 0.2) is 24.5 Å². The van der Waals surface area contributed by atoms with Crippen molar-refractivity contribution < 1.29 is 12.8 Å². The Morgan fingerprint density at radius 1 is 1.12 bits per heavy atom. The Bertz CT molecular complexity index is 848. The summed E-state index contributed by atoms with van der Waals surface area (Å²) in [5.74, 6) is 0.651. The van der Waals surface area contributed by atoms with Crippen LogP contribution in [0.2, 0.25) is 0 Å². The van der Waals surface area contributed by atoms with Crippen LogP contribution in [0, 0.1) is 5.95 Å². The number of H-pyrrole nitrogens is 1. The van der Waals surface area contributed by atoms with Crippen LogP contribution in [0.3, 0.4) is 0 Å². The summed E-state index contributed by atoms with van der Waals surface area (Å²) >= 11 is 0. The van der Waals surface area contributed by atoms with Gasteiger partial charge >= 0.3 is 0 Å². The Morgan fingerprint density at radius 3 is 2.38 bits per heavy atom. The van der Waals surface area contributed by atoms with Gasteiger partial charge in [0, 0.05) is 23.7 Å². The Kier molecular flexibility index (Phi) is 5.16. The summed E-state index contributed by atoms with van der Waals surface area (Å²) in [6.45, 7) is 5.11. The molecule has 26 heavy (non-hydrogen) atoms. The summed E-state index contributed by atoms with van der Waals surface area (Å²) in [7, 11) is -3.33. The average molecular weight is 380 g/mol. The first-order valence-corrected chi connectivity index (χ1v) is 10.3. The van der Waals surface area contributed by atoms with Gasteiger partial charge in [0.25, 0.3) is 0 Å². The van der Waals surface area contributed by atoms with Crippen LogP contribution in [0.1, 0.15) is 58.2 Å². The van der Waals surface area contributed by atoms with Crippen LogP contribution in [0.5, 0.6) is 0 Å². The van der Waals surface area contributed by atoms with Gasteiger partial charge in [0.2, 0.25) is 16.0 Å². The molecule has 0 radical (unpaired) electrons. The predicted molar refractivity (Wildman–Crippen MR) is 98.6 cm³/mol. The smallest absolute Gasteiger partial charge is 0.216 e. The van der Waals surface area contributed by atoms with Gasteiger partial charge in [0.1, 0.15) is 5.82 Å². The maximum absolute atomic E-state index is 12.9. The average Bonchev–Trinajstić information content (AvgIpc) is 3.05. The topological polar surface area (TPSA) is 87.7 Å². The van der Waals surface area contributed by atoms with E-state index in [1.165, 1.54) is 12.3 Å². The van der Waals surface area contributed by atoms with Crippen molar-refractivity contribution in [3.63, 3.8) is 0 Å². The number of aromatic amines is 1. The fraction of sp³-hybridized carbons (Fsp3) is 0.556. The van der Waals surface area contributed by atoms with E-state index in [2.05, 4.69) is 19.7 Å². The van der Waals surface area contributed by atoms with Crippen molar-refractivity contribution in [2.45, 2.75) is 63.2 Å². The molecule has 1 fully saturated rings. The summed E-state index contributed by atoms with van der Waals surface area (Å²) in [5.41, 5.74) is 1.60. The van der Waals surface area contributed by atoms with E-state index in [-0.39, 0.29) is 12.0 Å². The molecule has 0 spiro atoms. The molecule has 1 aliphatic rings. The van der Waals surface area contributed by atoms with Crippen molar-refractivity contribution in [3.8, 4) is 11.3 Å². The Morgan fingerprint density at radius 2 is 1.81 bits per heavy atom. The minimum absolute atomic E-state index is 0.0220. The molecule has 2 heterocycles. The number of hydrogen-bond acceptors (Lipinski definition) is 4. The zero-order chi connectivity index (χ0) is 18.9. The standard InChI is InChI=1S/C18H25FN4O2S/c1-18(2,3)26(24,25)23-14-7-4-12(5-8-14)17-21-11-15(22-17)13-6-9-16(19)20-10-13/h6,9-12,14,23H,4-5,7-8H2,1-3H3,(H,21,22). The van der Waals surface area contributed by atoms with Gasteiger partial charge in [-0.1, -0.05) is 0 Å². The van der Waals surface area contributed by atoms with Crippen LogP contribution in [0.4, 0.5) is 4.39 Å². The van der Waals surface area contributed by atoms with Crippen molar-refractivity contribution in [1.82, 2.24) is 19.7 Å². The second-order valence-electron chi connectivity index (χ2n) is 7.83. The summed E-state index contributed by atoms with van der Waals surface area (Å²) < 4.78 is 39.6. The first kappa shape index (κ1) is 19.0. The summed E-state index contributed by atoms with van der Waals surface area (Å²) in [5, 5.41) is 0. The van der Waals surface area contributed by atoms with E-state index < -0.39 is 20.7 Å². The van der Waals surface area contributed by atoms with Gasteiger partial charge in [0.15, 0.2) is 0 Å². The molecule has 0 unspecified atom stereocenters. The van der Waals surface area contributed by atoms with E-state index in [0.717, 1.165) is 42.8 Å². The van der Waals surface area contributed by atoms with Gasteiger partial charge in [0.05, 0.1) is 16.6 Å². The third kappa shape index (κ3) is 4.12. The number of aromatic nitrogens is 3. The molecule has 3 rings (SSSR count). The van der Waals surface area contributed by atoms with Gasteiger partial charge < -0.3 is 4.98 Å². The summed E-state index contributed by atoms with van der Waals surface area (Å²) in [6, 6.07) is 2.96. The number of pyridine rings is 1. The molecular formula is C18H25FN4O2S. The SMILES string of the molecule is CC(C)(C)S(=O)(=O)NC1CCC(c2ncc(-c3ccc(F)nc3)[nH]2)CC1. The van der Waals surface area contributed by atoms with E-state index in [1.54, 1.807) is 33.0 Å². The molecule has 0 atom stereocenters. The minimum Gasteiger partial charge on any atom is -0.342 e. The molecule has 0 amide bonds. The van der Waals surface area contributed by atoms with Crippen molar-refractivity contribution >= 4 is 10.0 Å². The van der Waals surface area contributed by atoms with E-state index >= 15 is 0 Å². The molecule has 0 aliphatic heterocycles. The third-order valence-corrected chi connectivity index (χ3v) is 7.13. The second-order valence-corrected chi connectivity index (χ2v) is 10.3. The Hall–Kier alpha value is -1.80. The molecular weight excluding hydrogens is 355 g/mol. The van der Waals surface area contributed by atoms with E-state index in [9.17, 15) is 12.8 Å². The number of hydrogen-bond donors (Lipinski definition) is 2. The number of rotatable bonds is 4. The molecule has 0 saturated heterocycles. The van der Waals surface area contributed by atoms with Crippen LogP contribution in [-0.4, -0.2) is 34.2 Å². The number of imidazole rings is 1. The largest absolute Gasteiger partial charge is 0.342 e. The Balaban J connectivity index is 1.61. The van der Waals surface area contributed by atoms with Gasteiger partial charge in [-0.25, -0.2) is 23.1 Å². The molecule has 2 N–H and O–H groups in total. The fourth-order valence-corrected chi connectivity index (χ4v) is 4.13. The zero-order valence-corrected chi connectivity index (χ0v) is 16.1. The fourth-order valence-electron chi connectivity index (χ4n) is 3.11. The molecule has 1 aliphatic carbocycles. The van der Waals surface area contributed by atoms with Crippen LogP contribution < -0.4 is 4.72 Å². The monoisotopic (exact) mass is 380 g/mol. The van der Waals surface area contributed by atoms with Crippen LogP contribution >= 0.6 is 0 Å². The van der Waals surface area contributed by atoms with Gasteiger partial charge in [-0.2, -0.15) is 4.39 Å². The van der Waals surface area contributed by atoms with Crippen molar-refractivity contribution in [2.24, 2.45) is 0 Å². The van der Waals surface area contributed by atoms with Crippen LogP contribution in [-0.2, 0) is 10.0 Å². The number of nitrogens with zero attached hydrogens (tertiary/aromatic N) is 2. The summed E-state index contributed by atoms with van der Waals surface area (Å²) in [6.07, 6.45) is 6.52. The first-order valence-electron chi connectivity index (χ1n) is 8.84.